The fourth-order valence-electron chi connectivity index (χ4n) is 22.6. The summed E-state index contributed by atoms with van der Waals surface area (Å²) in [5.41, 5.74) is 37.8. The summed E-state index contributed by atoms with van der Waals surface area (Å²) < 4.78 is 20.7. The van der Waals surface area contributed by atoms with Crippen molar-refractivity contribution in [2.24, 2.45) is 0 Å². The van der Waals surface area contributed by atoms with Crippen molar-refractivity contribution >= 4 is 192 Å². The highest BCUT2D eigenvalue weighted by atomic mass is 32.1. The molecule has 0 fully saturated rings. The second-order valence-electron chi connectivity index (χ2n) is 38.2. The molecule has 16 heteroatoms. The van der Waals surface area contributed by atoms with Gasteiger partial charge in [-0.2, -0.15) is 0 Å². The Hall–Kier alpha value is -19.2. The fourth-order valence-corrected chi connectivity index (χ4v) is 23.6. The third-order valence-electron chi connectivity index (χ3n) is 29.6. The van der Waals surface area contributed by atoms with Gasteiger partial charge in [0.05, 0.1) is 93.0 Å². The van der Waals surface area contributed by atoms with Gasteiger partial charge in [-0.15, -0.1) is 11.3 Å². The summed E-state index contributed by atoms with van der Waals surface area (Å²) in [7, 11) is 0. The molecule has 0 bridgehead atoms. The number of fused-ring (bicyclic) bond motifs is 30. The van der Waals surface area contributed by atoms with Crippen LogP contribution in [0.5, 0.6) is 0 Å². The van der Waals surface area contributed by atoms with E-state index in [2.05, 4.69) is 422 Å². The van der Waals surface area contributed by atoms with Gasteiger partial charge >= 0.3 is 0 Å². The van der Waals surface area contributed by atoms with E-state index in [-0.39, 0.29) is 5.41 Å². The van der Waals surface area contributed by atoms with Crippen LogP contribution >= 0.6 is 11.3 Å². The predicted molar refractivity (Wildman–Crippen MR) is 595 cm³/mol. The molecule has 0 saturated heterocycles. The van der Waals surface area contributed by atoms with Crippen LogP contribution in [0.15, 0.2) is 453 Å². The number of para-hydroxylation sites is 15. The maximum atomic E-state index is 6.00. The van der Waals surface area contributed by atoms with Gasteiger partial charge in [0.15, 0.2) is 5.58 Å². The van der Waals surface area contributed by atoms with Gasteiger partial charge in [0.2, 0.25) is 23.7 Å². The number of oxazole rings is 1. The van der Waals surface area contributed by atoms with Crippen LogP contribution in [0.4, 0.5) is 0 Å². The van der Waals surface area contributed by atoms with Crippen molar-refractivity contribution in [1.82, 2.24) is 66.8 Å². The molecule has 0 unspecified atom stereocenters. The molecular weight excluding hydrogens is 1790 g/mol. The number of imidazole rings is 3. The SMILES string of the molecule is CC1(C)c2ccccc2-c2ccc(-c3ccc4cc(-c5ccc6c(c5)c5ccccc5n6-c5nc6ccccc6c6nc7ccccc7n56)ccc4c3)cc21.c1ccc2oc(-c3ccc(-c4ccc5c(c4)c4ccccc4n5-c4nc5ccccc5c5nc6ccccc6n45)cc3)nc2c1.c1ccc2sc(-c3ccc(-c4ccc5c(c4)c4ccccc4n5-c4nc5ccccc5c5nc6ccccc6n45)cc3)nc2c1. The molecule has 145 heavy (non-hydrogen) atoms. The highest BCUT2D eigenvalue weighted by molar-refractivity contribution is 7.21. The highest BCUT2D eigenvalue weighted by Gasteiger charge is 2.36. The second-order valence-corrected chi connectivity index (χ2v) is 39.2. The van der Waals surface area contributed by atoms with Crippen LogP contribution in [-0.2, 0) is 5.41 Å². The zero-order valence-electron chi connectivity index (χ0n) is 78.3. The molecule has 11 heterocycles. The van der Waals surface area contributed by atoms with Gasteiger partial charge < -0.3 is 4.42 Å². The van der Waals surface area contributed by atoms with Crippen LogP contribution in [0.25, 0.3) is 276 Å². The Morgan fingerprint density at radius 2 is 0.538 bits per heavy atom. The van der Waals surface area contributed by atoms with Gasteiger partial charge in [-0.25, -0.2) is 39.9 Å². The van der Waals surface area contributed by atoms with Gasteiger partial charge in [-0.05, 0) is 260 Å². The average Bonchev–Trinajstić information content (AvgIpc) is 1.56. The Labute approximate surface area is 831 Å². The first-order valence-corrected chi connectivity index (χ1v) is 49.7. The van der Waals surface area contributed by atoms with E-state index in [1.165, 1.54) is 103 Å². The minimum absolute atomic E-state index is 0.0207. The molecule has 15 nitrogen and oxygen atoms in total. The van der Waals surface area contributed by atoms with Crippen molar-refractivity contribution in [3.8, 4) is 95.5 Å². The van der Waals surface area contributed by atoms with Crippen molar-refractivity contribution in [3.63, 3.8) is 0 Å². The molecule has 0 spiro atoms. The molecule has 11 aromatic heterocycles. The van der Waals surface area contributed by atoms with E-state index >= 15 is 0 Å². The molecule has 1 aliphatic carbocycles. The van der Waals surface area contributed by atoms with E-state index in [9.17, 15) is 0 Å². The lowest BCUT2D eigenvalue weighted by molar-refractivity contribution is 0.620. The Bertz CT molecular complexity index is 10400. The molecule has 0 atom stereocenters. The van der Waals surface area contributed by atoms with E-state index < -0.39 is 0 Å². The Kier molecular flexibility index (Phi) is 18.0. The van der Waals surface area contributed by atoms with Crippen molar-refractivity contribution in [3.05, 3.63) is 460 Å². The lowest BCUT2D eigenvalue weighted by atomic mass is 9.81. The molecule has 1 aliphatic rings. The van der Waals surface area contributed by atoms with Gasteiger partial charge in [-0.3, -0.25) is 26.9 Å². The lowest BCUT2D eigenvalue weighted by Crippen LogP contribution is -2.14. The van der Waals surface area contributed by atoms with Crippen LogP contribution in [0.1, 0.15) is 25.0 Å². The zero-order valence-corrected chi connectivity index (χ0v) is 79.1. The molecule has 20 aromatic carbocycles. The van der Waals surface area contributed by atoms with Crippen LogP contribution in [0, 0.1) is 0 Å². The maximum Gasteiger partial charge on any atom is 0.227 e. The fraction of sp³-hybridized carbons (Fsp3) is 0.0233. The monoisotopic (exact) mass is 1870 g/mol. The first kappa shape index (κ1) is 81.8. The van der Waals surface area contributed by atoms with E-state index in [0.29, 0.717) is 5.89 Å². The van der Waals surface area contributed by atoms with Crippen LogP contribution in [-0.4, -0.2) is 66.8 Å². The molecule has 0 N–H and O–H groups in total. The van der Waals surface area contributed by atoms with Gasteiger partial charge in [-0.1, -0.05) is 281 Å². The summed E-state index contributed by atoms with van der Waals surface area (Å²) in [6.07, 6.45) is 0. The van der Waals surface area contributed by atoms with Gasteiger partial charge in [0.25, 0.3) is 0 Å². The average molecular weight is 1870 g/mol. The molecule has 0 aliphatic heterocycles. The molecule has 0 saturated carbocycles. The first-order chi connectivity index (χ1) is 71.6. The quantitative estimate of drug-likeness (QED) is 0.138. The predicted octanol–water partition coefficient (Wildman–Crippen LogP) is 32.6. The number of nitrogens with zero attached hydrogens (tertiary/aromatic N) is 14. The Morgan fingerprint density at radius 3 is 0.993 bits per heavy atom. The largest absolute Gasteiger partial charge is 0.436 e. The Morgan fingerprint density at radius 1 is 0.214 bits per heavy atom. The van der Waals surface area contributed by atoms with Crippen molar-refractivity contribution in [1.29, 1.82) is 0 Å². The van der Waals surface area contributed by atoms with E-state index in [4.69, 9.17) is 39.3 Å². The van der Waals surface area contributed by atoms with Crippen molar-refractivity contribution in [2.75, 3.05) is 0 Å². The number of hydrogen-bond acceptors (Lipinski definition) is 10. The lowest BCUT2D eigenvalue weighted by Gasteiger charge is -2.22. The summed E-state index contributed by atoms with van der Waals surface area (Å²) >= 11 is 1.73. The summed E-state index contributed by atoms with van der Waals surface area (Å²) in [5.74, 6) is 3.11. The zero-order chi connectivity index (χ0) is 95.4. The number of thiazole rings is 1. The summed E-state index contributed by atoms with van der Waals surface area (Å²) in [6.45, 7) is 4.69. The number of hydrogen-bond donors (Lipinski definition) is 0. The summed E-state index contributed by atoms with van der Waals surface area (Å²) in [5, 5.41) is 13.7. The minimum atomic E-state index is -0.0207. The molecule has 678 valence electrons. The normalized spacial score (nSPS) is 12.5. The van der Waals surface area contributed by atoms with Crippen LogP contribution < -0.4 is 0 Å². The maximum absolute atomic E-state index is 6.00. The topological polar surface area (TPSA) is 144 Å². The van der Waals surface area contributed by atoms with Gasteiger partial charge in [0, 0.05) is 65.0 Å². The highest BCUT2D eigenvalue weighted by Crippen LogP contribution is 2.51. The standard InChI is InChI=1S/C51H34N4.C39H23N5O.C39H23N5S/c1-51(2)42-14-6-3-11-37(42)38-25-23-36(30-43(38)51)34-22-20-31-27-33(21-19-32(31)28-34)35-24-26-47-41(29-35)39-12-5-9-17-46(39)54(47)50-53-44-15-7-4-13-40(44)49-52-45-16-8-10-18-48(45)55(49)50;2*1-3-11-30-28(10-1)37-40-31-12-4-7-15-35(31)44(37)39(42-30)43-33-14-6-2-9-27(33)29-23-26(21-22-34(29)43)24-17-19-25(20-18-24)38-41-32-13-5-8-16-36(32)45-38/h3-30H,1-2H3;2*1-23H. The number of benzene rings is 20. The molecule has 31 aromatic rings. The van der Waals surface area contributed by atoms with E-state index in [1.54, 1.807) is 11.3 Å². The molecule has 32 rings (SSSR count). The molecule has 0 radical (unpaired) electrons. The number of rotatable bonds is 9. The smallest absolute Gasteiger partial charge is 0.227 e. The third kappa shape index (κ3) is 12.9. The number of aromatic nitrogens is 14. The van der Waals surface area contributed by atoms with Crippen molar-refractivity contribution in [2.45, 2.75) is 19.3 Å². The molecular formula is C129H80N14OS. The summed E-state index contributed by atoms with van der Waals surface area (Å²) in [4.78, 5) is 40.7. The first-order valence-electron chi connectivity index (χ1n) is 48.9. The van der Waals surface area contributed by atoms with Crippen molar-refractivity contribution < 1.29 is 4.42 Å². The van der Waals surface area contributed by atoms with E-state index in [1.807, 2.05) is 72.8 Å². The Balaban J connectivity index is 0.000000102. The van der Waals surface area contributed by atoms with Gasteiger partial charge in [0.1, 0.15) is 27.5 Å². The van der Waals surface area contributed by atoms with Crippen LogP contribution in [0.3, 0.4) is 0 Å². The third-order valence-corrected chi connectivity index (χ3v) is 30.7. The summed E-state index contributed by atoms with van der Waals surface area (Å²) in [6, 6.07) is 159. The van der Waals surface area contributed by atoms with Crippen LogP contribution in [0.2, 0.25) is 0 Å². The molecule has 0 amide bonds. The second kappa shape index (κ2) is 31.9. The van der Waals surface area contributed by atoms with E-state index in [0.717, 1.165) is 178 Å². The minimum Gasteiger partial charge on any atom is -0.436 e.